The van der Waals surface area contributed by atoms with Crippen LogP contribution < -0.4 is 4.31 Å². The van der Waals surface area contributed by atoms with E-state index in [1.165, 1.54) is 30.2 Å². The van der Waals surface area contributed by atoms with Crippen molar-refractivity contribution in [3.63, 3.8) is 0 Å². The Morgan fingerprint density at radius 2 is 1.89 bits per heavy atom. The second-order valence-corrected chi connectivity index (χ2v) is 12.4. The van der Waals surface area contributed by atoms with Crippen molar-refractivity contribution in [1.29, 1.82) is 0 Å². The number of likely N-dealkylation sites (N-methyl/N-ethyl adjacent to an activating group) is 1. The van der Waals surface area contributed by atoms with Gasteiger partial charge in [-0.2, -0.15) is 0 Å². The minimum Gasteiger partial charge on any atom is -0.452 e. The zero-order chi connectivity index (χ0) is 25.8. The number of sulfonamides is 1. The van der Waals surface area contributed by atoms with Crippen molar-refractivity contribution in [2.45, 2.75) is 17.4 Å². The summed E-state index contributed by atoms with van der Waals surface area (Å²) in [6.07, 6.45) is 1.75. The van der Waals surface area contributed by atoms with Gasteiger partial charge in [0.15, 0.2) is 16.4 Å². The van der Waals surface area contributed by atoms with Gasteiger partial charge in [-0.25, -0.2) is 21.6 Å². The van der Waals surface area contributed by atoms with E-state index in [0.717, 1.165) is 10.4 Å². The Morgan fingerprint density at radius 1 is 1.20 bits per heavy atom. The predicted molar refractivity (Wildman–Crippen MR) is 133 cm³/mol. The van der Waals surface area contributed by atoms with Crippen molar-refractivity contribution in [3.8, 4) is 0 Å². The Balaban J connectivity index is 1.77. The van der Waals surface area contributed by atoms with E-state index in [-0.39, 0.29) is 33.5 Å². The van der Waals surface area contributed by atoms with Crippen molar-refractivity contribution in [3.05, 3.63) is 71.8 Å². The Bertz CT molecular complexity index is 1330. The van der Waals surface area contributed by atoms with Gasteiger partial charge in [-0.3, -0.25) is 9.10 Å². The third kappa shape index (κ3) is 6.22. The average molecular weight is 541 g/mol. The van der Waals surface area contributed by atoms with E-state index in [1.807, 2.05) is 0 Å². The number of nitrogens with zero attached hydrogens (tertiary/aromatic N) is 2. The summed E-state index contributed by atoms with van der Waals surface area (Å²) < 4.78 is 56.2. The van der Waals surface area contributed by atoms with Crippen LogP contribution in [0.3, 0.4) is 0 Å². The Morgan fingerprint density at radius 3 is 2.49 bits per heavy atom. The highest BCUT2D eigenvalue weighted by Gasteiger charge is 2.33. The number of rotatable bonds is 9. The fourth-order valence-corrected chi connectivity index (χ4v) is 7.02. The number of esters is 1. The third-order valence-electron chi connectivity index (χ3n) is 5.56. The van der Waals surface area contributed by atoms with Crippen molar-refractivity contribution in [2.24, 2.45) is 0 Å². The molecular formula is C23H25ClN2O7S2. The predicted octanol–water partition coefficient (Wildman–Crippen LogP) is 2.52. The van der Waals surface area contributed by atoms with Gasteiger partial charge in [0.25, 0.3) is 15.9 Å². The van der Waals surface area contributed by atoms with Gasteiger partial charge in [-0.15, -0.1) is 6.58 Å². The molecule has 2 aromatic rings. The normalized spacial score (nSPS) is 16.9. The maximum atomic E-state index is 13.3. The average Bonchev–Trinajstić information content (AvgIpc) is 3.20. The Labute approximate surface area is 209 Å². The van der Waals surface area contributed by atoms with Crippen LogP contribution in [-0.4, -0.2) is 71.4 Å². The van der Waals surface area contributed by atoms with E-state index < -0.39 is 44.4 Å². The minimum absolute atomic E-state index is 0.00218. The van der Waals surface area contributed by atoms with Crippen LogP contribution in [0.2, 0.25) is 5.02 Å². The van der Waals surface area contributed by atoms with Crippen molar-refractivity contribution in [1.82, 2.24) is 4.90 Å². The van der Waals surface area contributed by atoms with Crippen molar-refractivity contribution < 1.29 is 31.2 Å². The monoisotopic (exact) mass is 540 g/mol. The topological polar surface area (TPSA) is 118 Å². The molecule has 0 N–H and O–H groups in total. The van der Waals surface area contributed by atoms with Gasteiger partial charge in [0.05, 0.1) is 39.2 Å². The van der Waals surface area contributed by atoms with Crippen LogP contribution in [0, 0.1) is 0 Å². The molecule has 0 unspecified atom stereocenters. The van der Waals surface area contributed by atoms with Crippen LogP contribution in [0.25, 0.3) is 0 Å². The van der Waals surface area contributed by atoms with Crippen molar-refractivity contribution in [2.75, 3.05) is 36.0 Å². The largest absolute Gasteiger partial charge is 0.452 e. The van der Waals surface area contributed by atoms with E-state index in [2.05, 4.69) is 6.58 Å². The molecule has 0 radical (unpaired) electrons. The number of hydrogen-bond donors (Lipinski definition) is 0. The lowest BCUT2D eigenvalue weighted by molar-refractivity contribution is -0.134. The van der Waals surface area contributed by atoms with Crippen LogP contribution in [0.15, 0.2) is 66.1 Å². The molecule has 0 spiro atoms. The molecule has 1 fully saturated rings. The van der Waals surface area contributed by atoms with Crippen LogP contribution in [0.5, 0.6) is 0 Å². The standard InChI is InChI=1S/C23H25ClN2O7S2/c1-3-12-26(17-7-5-4-6-8-17)35(31,32)19-9-10-21(24)20(14-19)23(28)33-15-22(27)25(2)18-11-13-34(29,30)16-18/h3-10,14,18H,1,11-13,15-16H2,2H3/t18-/m0/s1. The van der Waals surface area contributed by atoms with Gasteiger partial charge in [0.2, 0.25) is 0 Å². The molecule has 0 saturated carbocycles. The van der Waals surface area contributed by atoms with Crippen LogP contribution in [0.1, 0.15) is 16.8 Å². The lowest BCUT2D eigenvalue weighted by Gasteiger charge is -2.24. The van der Waals surface area contributed by atoms with Gasteiger partial charge >= 0.3 is 5.97 Å². The molecule has 35 heavy (non-hydrogen) atoms. The number of sulfone groups is 1. The molecule has 1 aliphatic heterocycles. The van der Waals surface area contributed by atoms with Gasteiger partial charge < -0.3 is 9.64 Å². The van der Waals surface area contributed by atoms with Crippen molar-refractivity contribution >= 4 is 49.0 Å². The molecule has 1 saturated heterocycles. The summed E-state index contributed by atoms with van der Waals surface area (Å²) in [5, 5.41) is -0.0494. The molecule has 0 aliphatic carbocycles. The lowest BCUT2D eigenvalue weighted by Crippen LogP contribution is -2.40. The third-order valence-corrected chi connectivity index (χ3v) is 9.43. The smallest absolute Gasteiger partial charge is 0.340 e. The first-order valence-corrected chi connectivity index (χ1v) is 14.2. The van der Waals surface area contributed by atoms with E-state index >= 15 is 0 Å². The van der Waals surface area contributed by atoms with Gasteiger partial charge in [-0.05, 0) is 36.8 Å². The molecule has 188 valence electrons. The maximum absolute atomic E-state index is 13.3. The summed E-state index contributed by atoms with van der Waals surface area (Å²) in [7, 11) is -5.84. The molecular weight excluding hydrogens is 516 g/mol. The summed E-state index contributed by atoms with van der Waals surface area (Å²) in [5.74, 6) is -1.71. The second kappa shape index (κ2) is 10.8. The molecule has 1 heterocycles. The zero-order valence-electron chi connectivity index (χ0n) is 19.0. The zero-order valence-corrected chi connectivity index (χ0v) is 21.4. The number of ether oxygens (including phenoxy) is 1. The summed E-state index contributed by atoms with van der Waals surface area (Å²) in [5.41, 5.74) is 0.187. The molecule has 2 aromatic carbocycles. The summed E-state index contributed by atoms with van der Waals surface area (Å²) in [6.45, 7) is 2.96. The second-order valence-electron chi connectivity index (χ2n) is 7.94. The van der Waals surface area contributed by atoms with Gasteiger partial charge in [-0.1, -0.05) is 35.9 Å². The number of benzene rings is 2. The Kier molecular flexibility index (Phi) is 8.24. The first-order chi connectivity index (χ1) is 16.5. The van der Waals surface area contributed by atoms with Crippen LogP contribution in [0.4, 0.5) is 5.69 Å². The van der Waals surface area contributed by atoms with Crippen LogP contribution >= 0.6 is 11.6 Å². The minimum atomic E-state index is -4.09. The molecule has 3 rings (SSSR count). The number of anilines is 1. The highest BCUT2D eigenvalue weighted by molar-refractivity contribution is 7.93. The SMILES string of the molecule is C=CCN(c1ccccc1)S(=O)(=O)c1ccc(Cl)c(C(=O)OCC(=O)N(C)[C@H]2CCS(=O)(=O)C2)c1. The number of halogens is 1. The molecule has 0 aromatic heterocycles. The first kappa shape index (κ1) is 26.7. The quantitative estimate of drug-likeness (QED) is 0.354. The molecule has 1 atom stereocenters. The molecule has 12 heteroatoms. The van der Waals surface area contributed by atoms with E-state index in [1.54, 1.807) is 30.3 Å². The first-order valence-electron chi connectivity index (χ1n) is 10.6. The lowest BCUT2D eigenvalue weighted by atomic mass is 10.2. The number of carbonyl (C=O) groups is 2. The maximum Gasteiger partial charge on any atom is 0.340 e. The molecule has 1 amide bonds. The van der Waals surface area contributed by atoms with Gasteiger partial charge in [0.1, 0.15) is 0 Å². The van der Waals surface area contributed by atoms with E-state index in [0.29, 0.717) is 12.1 Å². The molecule has 0 bridgehead atoms. The van der Waals surface area contributed by atoms with Gasteiger partial charge in [0, 0.05) is 13.1 Å². The summed E-state index contributed by atoms with van der Waals surface area (Å²) >= 11 is 6.12. The molecule has 1 aliphatic rings. The number of amides is 1. The fourth-order valence-electron chi connectivity index (χ4n) is 3.59. The summed E-state index contributed by atoms with van der Waals surface area (Å²) in [4.78, 5) is 26.1. The highest BCUT2D eigenvalue weighted by Crippen LogP contribution is 2.27. The summed E-state index contributed by atoms with van der Waals surface area (Å²) in [6, 6.07) is 11.5. The van der Waals surface area contributed by atoms with Crippen LogP contribution in [-0.2, 0) is 29.4 Å². The van der Waals surface area contributed by atoms with E-state index in [9.17, 15) is 26.4 Å². The number of para-hydroxylation sites is 1. The fraction of sp³-hybridized carbons (Fsp3) is 0.304. The number of carbonyl (C=O) groups excluding carboxylic acids is 2. The highest BCUT2D eigenvalue weighted by atomic mass is 35.5. The number of hydrogen-bond acceptors (Lipinski definition) is 7. The molecule has 9 nitrogen and oxygen atoms in total. The Hall–Kier alpha value is -2.89. The van der Waals surface area contributed by atoms with E-state index in [4.69, 9.17) is 16.3 Å².